The predicted octanol–water partition coefficient (Wildman–Crippen LogP) is 3.06. The number of halogens is 2. The highest BCUT2D eigenvalue weighted by Gasteiger charge is 2.25. The Bertz CT molecular complexity index is 312. The molecule has 0 bridgehead atoms. The van der Waals surface area contributed by atoms with Crippen molar-refractivity contribution >= 4 is 0 Å². The average Bonchev–Trinajstić information content (AvgIpc) is 2.23. The zero-order chi connectivity index (χ0) is 11.5. The number of rotatable bonds is 4. The zero-order valence-corrected chi connectivity index (χ0v) is 9.06. The molecule has 0 heterocycles. The van der Waals surface area contributed by atoms with Gasteiger partial charge in [0.15, 0.2) is 0 Å². The van der Waals surface area contributed by atoms with E-state index in [1.165, 1.54) is 18.2 Å². The first-order chi connectivity index (χ1) is 7.02. The van der Waals surface area contributed by atoms with E-state index >= 15 is 0 Å². The van der Waals surface area contributed by atoms with Crippen molar-refractivity contribution < 1.29 is 13.9 Å². The Kier molecular flexibility index (Phi) is 3.80. The molecule has 1 N–H and O–H groups in total. The summed E-state index contributed by atoms with van der Waals surface area (Å²) in [5.41, 5.74) is -1.04. The fourth-order valence-corrected chi connectivity index (χ4v) is 1.53. The summed E-state index contributed by atoms with van der Waals surface area (Å²) < 4.78 is 26.6. The lowest BCUT2D eigenvalue weighted by Crippen LogP contribution is -2.30. The normalized spacial score (nSPS) is 11.8. The summed E-state index contributed by atoms with van der Waals surface area (Å²) in [6, 6.07) is 3.75. The summed E-state index contributed by atoms with van der Waals surface area (Å²) >= 11 is 0. The van der Waals surface area contributed by atoms with Crippen LogP contribution in [0.2, 0.25) is 0 Å². The number of aliphatic hydroxyl groups is 1. The molecule has 0 unspecified atom stereocenters. The second-order valence-electron chi connectivity index (χ2n) is 3.81. The third-order valence-corrected chi connectivity index (χ3v) is 2.88. The van der Waals surface area contributed by atoms with E-state index in [4.69, 9.17) is 0 Å². The average molecular weight is 214 g/mol. The summed E-state index contributed by atoms with van der Waals surface area (Å²) in [5, 5.41) is 10.00. The van der Waals surface area contributed by atoms with Crippen LogP contribution >= 0.6 is 0 Å². The fraction of sp³-hybridized carbons (Fsp3) is 0.500. The first kappa shape index (κ1) is 12.1. The first-order valence-electron chi connectivity index (χ1n) is 5.17. The molecule has 0 aromatic heterocycles. The van der Waals surface area contributed by atoms with Crippen LogP contribution in [0.1, 0.15) is 32.3 Å². The van der Waals surface area contributed by atoms with Crippen molar-refractivity contribution in [2.45, 2.75) is 38.7 Å². The van der Waals surface area contributed by atoms with Crippen LogP contribution in [0.3, 0.4) is 0 Å². The summed E-state index contributed by atoms with van der Waals surface area (Å²) in [4.78, 5) is 0. The van der Waals surface area contributed by atoms with Crippen LogP contribution in [0, 0.1) is 11.6 Å². The maximum absolute atomic E-state index is 13.3. The second kappa shape index (κ2) is 4.71. The van der Waals surface area contributed by atoms with E-state index in [-0.39, 0.29) is 12.0 Å². The highest BCUT2D eigenvalue weighted by Crippen LogP contribution is 2.24. The molecule has 3 heteroatoms. The van der Waals surface area contributed by atoms with E-state index in [1.54, 1.807) is 0 Å². The lowest BCUT2D eigenvalue weighted by atomic mass is 9.89. The Morgan fingerprint density at radius 1 is 1.13 bits per heavy atom. The van der Waals surface area contributed by atoms with Gasteiger partial charge in [-0.25, -0.2) is 8.78 Å². The van der Waals surface area contributed by atoms with Gasteiger partial charge in [-0.1, -0.05) is 19.9 Å². The van der Waals surface area contributed by atoms with Gasteiger partial charge in [-0.3, -0.25) is 0 Å². The fourth-order valence-electron chi connectivity index (χ4n) is 1.53. The zero-order valence-electron chi connectivity index (χ0n) is 9.06. The molecule has 0 saturated carbocycles. The first-order valence-corrected chi connectivity index (χ1v) is 5.17. The van der Waals surface area contributed by atoms with Crippen LogP contribution in [-0.2, 0) is 6.42 Å². The van der Waals surface area contributed by atoms with Gasteiger partial charge in [-0.05, 0) is 25.0 Å². The minimum Gasteiger partial charge on any atom is -0.390 e. The summed E-state index contributed by atoms with van der Waals surface area (Å²) in [6.07, 6.45) is 0.993. The molecular weight excluding hydrogens is 198 g/mol. The van der Waals surface area contributed by atoms with E-state index in [0.29, 0.717) is 12.8 Å². The maximum atomic E-state index is 13.3. The molecule has 1 rings (SSSR count). The van der Waals surface area contributed by atoms with Crippen molar-refractivity contribution in [3.63, 3.8) is 0 Å². The molecular formula is C12H16F2O. The van der Waals surface area contributed by atoms with E-state index in [9.17, 15) is 13.9 Å². The number of hydrogen-bond donors (Lipinski definition) is 1. The van der Waals surface area contributed by atoms with Crippen molar-refractivity contribution in [3.8, 4) is 0 Å². The Balaban J connectivity index is 2.98. The van der Waals surface area contributed by atoms with Gasteiger partial charge in [0.05, 0.1) is 5.60 Å². The van der Waals surface area contributed by atoms with E-state index in [1.807, 2.05) is 13.8 Å². The molecule has 15 heavy (non-hydrogen) atoms. The van der Waals surface area contributed by atoms with Gasteiger partial charge in [0.1, 0.15) is 11.6 Å². The predicted molar refractivity (Wildman–Crippen MR) is 55.6 cm³/mol. The van der Waals surface area contributed by atoms with Crippen LogP contribution in [0.15, 0.2) is 18.2 Å². The quantitative estimate of drug-likeness (QED) is 0.816. The van der Waals surface area contributed by atoms with Crippen LogP contribution < -0.4 is 0 Å². The van der Waals surface area contributed by atoms with Crippen LogP contribution in [0.5, 0.6) is 0 Å². The summed E-state index contributed by atoms with van der Waals surface area (Å²) in [6.45, 7) is 3.62. The molecule has 0 atom stereocenters. The molecule has 0 saturated heterocycles. The highest BCUT2D eigenvalue weighted by molar-refractivity contribution is 5.21. The van der Waals surface area contributed by atoms with E-state index in [2.05, 4.69) is 0 Å². The topological polar surface area (TPSA) is 20.2 Å². The third kappa shape index (κ3) is 2.75. The molecule has 84 valence electrons. The Labute approximate surface area is 88.7 Å². The second-order valence-corrected chi connectivity index (χ2v) is 3.81. The van der Waals surface area contributed by atoms with E-state index < -0.39 is 17.2 Å². The molecule has 0 radical (unpaired) electrons. The van der Waals surface area contributed by atoms with Crippen LogP contribution in [-0.4, -0.2) is 10.7 Å². The molecule has 0 aliphatic heterocycles. The lowest BCUT2D eigenvalue weighted by Gasteiger charge is -2.25. The minimum atomic E-state index is -1.01. The van der Waals surface area contributed by atoms with Gasteiger partial charge in [-0.2, -0.15) is 0 Å². The van der Waals surface area contributed by atoms with Gasteiger partial charge in [0, 0.05) is 12.0 Å². The largest absolute Gasteiger partial charge is 0.390 e. The van der Waals surface area contributed by atoms with Crippen molar-refractivity contribution in [3.05, 3.63) is 35.4 Å². The maximum Gasteiger partial charge on any atom is 0.129 e. The van der Waals surface area contributed by atoms with Crippen LogP contribution in [0.4, 0.5) is 8.78 Å². The number of benzene rings is 1. The van der Waals surface area contributed by atoms with Gasteiger partial charge in [-0.15, -0.1) is 0 Å². The van der Waals surface area contributed by atoms with Crippen LogP contribution in [0.25, 0.3) is 0 Å². The Hall–Kier alpha value is -0.960. The number of hydrogen-bond acceptors (Lipinski definition) is 1. The van der Waals surface area contributed by atoms with Crippen molar-refractivity contribution in [2.24, 2.45) is 0 Å². The molecule has 1 nitrogen and oxygen atoms in total. The molecule has 0 amide bonds. The SMILES string of the molecule is CCC(O)(CC)Cc1c(F)cccc1F. The van der Waals surface area contributed by atoms with Gasteiger partial charge in [0.25, 0.3) is 0 Å². The highest BCUT2D eigenvalue weighted by atomic mass is 19.1. The van der Waals surface area contributed by atoms with Gasteiger partial charge >= 0.3 is 0 Å². The molecule has 1 aromatic rings. The van der Waals surface area contributed by atoms with Crippen molar-refractivity contribution in [2.75, 3.05) is 0 Å². The lowest BCUT2D eigenvalue weighted by molar-refractivity contribution is 0.0310. The summed E-state index contributed by atoms with van der Waals surface area (Å²) in [5.74, 6) is -1.18. The minimum absolute atomic E-state index is 0.0244. The van der Waals surface area contributed by atoms with Gasteiger partial charge < -0.3 is 5.11 Å². The molecule has 1 aromatic carbocycles. The molecule has 0 aliphatic rings. The Morgan fingerprint density at radius 2 is 1.60 bits per heavy atom. The molecule has 0 aliphatic carbocycles. The van der Waals surface area contributed by atoms with E-state index in [0.717, 1.165) is 0 Å². The smallest absolute Gasteiger partial charge is 0.129 e. The molecule has 0 spiro atoms. The van der Waals surface area contributed by atoms with Crippen molar-refractivity contribution in [1.82, 2.24) is 0 Å². The standard InChI is InChI=1S/C12H16F2O/c1-3-12(15,4-2)8-9-10(13)6-5-7-11(9)14/h5-7,15H,3-4,8H2,1-2H3. The van der Waals surface area contributed by atoms with Crippen molar-refractivity contribution in [1.29, 1.82) is 0 Å². The monoisotopic (exact) mass is 214 g/mol. The Morgan fingerprint density at radius 3 is 2.00 bits per heavy atom. The third-order valence-electron chi connectivity index (χ3n) is 2.88. The molecule has 0 fully saturated rings. The summed E-state index contributed by atoms with van der Waals surface area (Å²) in [7, 11) is 0. The van der Waals surface area contributed by atoms with Gasteiger partial charge in [0.2, 0.25) is 0 Å².